The molecule has 1 saturated heterocycles. The Hall–Kier alpha value is -0.290. The second-order valence-electron chi connectivity index (χ2n) is 7.60. The molecule has 0 radical (unpaired) electrons. The number of fused-ring (bicyclic) bond motifs is 1. The predicted molar refractivity (Wildman–Crippen MR) is 75.0 cm³/mol. The highest BCUT2D eigenvalue weighted by Crippen LogP contribution is 2.52. The van der Waals surface area contributed by atoms with Crippen LogP contribution in [0.4, 0.5) is 13.2 Å². The van der Waals surface area contributed by atoms with Crippen LogP contribution in [-0.4, -0.2) is 31.0 Å². The molecule has 0 spiro atoms. The molecule has 0 bridgehead atoms. The van der Waals surface area contributed by atoms with Crippen LogP contribution < -0.4 is 5.32 Å². The lowest BCUT2D eigenvalue weighted by molar-refractivity contribution is -0.212. The molecule has 1 N–H and O–H groups in total. The van der Waals surface area contributed by atoms with Gasteiger partial charge in [-0.15, -0.1) is 0 Å². The third-order valence-corrected chi connectivity index (χ3v) is 5.91. The van der Waals surface area contributed by atoms with Crippen molar-refractivity contribution >= 4 is 0 Å². The molecule has 0 aromatic heterocycles. The monoisotopic (exact) mass is 305 g/mol. The van der Waals surface area contributed by atoms with E-state index in [1.165, 1.54) is 0 Å². The molecular formula is C16H26F3NO. The van der Waals surface area contributed by atoms with Gasteiger partial charge in [-0.25, -0.2) is 0 Å². The number of rotatable bonds is 2. The SMILES string of the molecule is CC1(C)C(NC2CCCCC2C(F)(F)F)C2CCCOC21. The summed E-state index contributed by atoms with van der Waals surface area (Å²) in [6.45, 7) is 5.05. The quantitative estimate of drug-likeness (QED) is 0.835. The number of alkyl halides is 3. The molecule has 5 atom stereocenters. The van der Waals surface area contributed by atoms with Crippen molar-refractivity contribution in [3.05, 3.63) is 0 Å². The average molecular weight is 305 g/mol. The Bertz CT molecular complexity index is 382. The first kappa shape index (κ1) is 15.6. The largest absolute Gasteiger partial charge is 0.393 e. The van der Waals surface area contributed by atoms with Crippen LogP contribution in [0.5, 0.6) is 0 Å². The summed E-state index contributed by atoms with van der Waals surface area (Å²) in [6, 6.07) is -0.248. The molecular weight excluding hydrogens is 279 g/mol. The van der Waals surface area contributed by atoms with Gasteiger partial charge in [0.05, 0.1) is 12.0 Å². The Balaban J connectivity index is 1.70. The van der Waals surface area contributed by atoms with E-state index in [1.54, 1.807) is 0 Å². The molecule has 1 heterocycles. The van der Waals surface area contributed by atoms with E-state index < -0.39 is 18.1 Å². The fourth-order valence-electron chi connectivity index (χ4n) is 4.81. The summed E-state index contributed by atoms with van der Waals surface area (Å²) in [4.78, 5) is 0. The summed E-state index contributed by atoms with van der Waals surface area (Å²) >= 11 is 0. The molecule has 5 heteroatoms. The maximum Gasteiger partial charge on any atom is 0.393 e. The zero-order valence-electron chi connectivity index (χ0n) is 12.9. The molecule has 2 aliphatic carbocycles. The number of hydrogen-bond acceptors (Lipinski definition) is 2. The van der Waals surface area contributed by atoms with Crippen LogP contribution in [0.1, 0.15) is 52.4 Å². The second kappa shape index (κ2) is 5.41. The highest BCUT2D eigenvalue weighted by Gasteiger charge is 2.59. The Morgan fingerprint density at radius 2 is 1.76 bits per heavy atom. The lowest BCUT2D eigenvalue weighted by Crippen LogP contribution is -2.71. The van der Waals surface area contributed by atoms with Crippen molar-refractivity contribution in [2.75, 3.05) is 6.61 Å². The third kappa shape index (κ3) is 2.72. The molecule has 0 aromatic rings. The molecule has 3 aliphatic rings. The molecule has 0 amide bonds. The normalized spacial score (nSPS) is 43.0. The van der Waals surface area contributed by atoms with Gasteiger partial charge in [0.1, 0.15) is 0 Å². The summed E-state index contributed by atoms with van der Waals surface area (Å²) in [7, 11) is 0. The maximum atomic E-state index is 13.2. The second-order valence-corrected chi connectivity index (χ2v) is 7.60. The topological polar surface area (TPSA) is 21.3 Å². The highest BCUT2D eigenvalue weighted by atomic mass is 19.4. The minimum Gasteiger partial charge on any atom is -0.377 e. The van der Waals surface area contributed by atoms with Gasteiger partial charge in [-0.1, -0.05) is 26.7 Å². The Morgan fingerprint density at radius 1 is 1.05 bits per heavy atom. The highest BCUT2D eigenvalue weighted by molar-refractivity contribution is 5.11. The van der Waals surface area contributed by atoms with Crippen LogP contribution in [0.15, 0.2) is 0 Å². The van der Waals surface area contributed by atoms with Crippen molar-refractivity contribution in [1.82, 2.24) is 5.32 Å². The van der Waals surface area contributed by atoms with E-state index in [0.29, 0.717) is 18.8 Å². The Kier molecular flexibility index (Phi) is 4.02. The van der Waals surface area contributed by atoms with E-state index in [-0.39, 0.29) is 24.0 Å². The van der Waals surface area contributed by atoms with E-state index >= 15 is 0 Å². The summed E-state index contributed by atoms with van der Waals surface area (Å²) in [5.41, 5.74) is -0.0569. The fourth-order valence-corrected chi connectivity index (χ4v) is 4.81. The Labute approximate surface area is 124 Å². The van der Waals surface area contributed by atoms with Gasteiger partial charge in [-0.3, -0.25) is 0 Å². The first-order chi connectivity index (χ1) is 9.82. The van der Waals surface area contributed by atoms with Gasteiger partial charge in [-0.2, -0.15) is 13.2 Å². The van der Waals surface area contributed by atoms with Crippen LogP contribution in [-0.2, 0) is 4.74 Å². The van der Waals surface area contributed by atoms with Gasteiger partial charge in [0, 0.05) is 30.0 Å². The van der Waals surface area contributed by atoms with Crippen LogP contribution >= 0.6 is 0 Å². The van der Waals surface area contributed by atoms with Crippen LogP contribution in [0.25, 0.3) is 0 Å². The first-order valence-corrected chi connectivity index (χ1v) is 8.26. The number of hydrogen-bond donors (Lipinski definition) is 1. The number of halogens is 3. The molecule has 5 unspecified atom stereocenters. The van der Waals surface area contributed by atoms with Crippen molar-refractivity contribution in [2.45, 2.75) is 76.7 Å². The lowest BCUT2D eigenvalue weighted by Gasteiger charge is -2.61. The van der Waals surface area contributed by atoms with Crippen molar-refractivity contribution in [3.8, 4) is 0 Å². The molecule has 2 nitrogen and oxygen atoms in total. The van der Waals surface area contributed by atoms with Gasteiger partial charge >= 0.3 is 6.18 Å². The minimum atomic E-state index is -4.07. The summed E-state index contributed by atoms with van der Waals surface area (Å²) in [5.74, 6) is -0.782. The van der Waals surface area contributed by atoms with E-state index in [0.717, 1.165) is 25.9 Å². The Morgan fingerprint density at radius 3 is 2.48 bits per heavy atom. The van der Waals surface area contributed by atoms with E-state index in [1.807, 2.05) is 0 Å². The van der Waals surface area contributed by atoms with Crippen molar-refractivity contribution in [3.63, 3.8) is 0 Å². The molecule has 3 rings (SSSR count). The smallest absolute Gasteiger partial charge is 0.377 e. The lowest BCUT2D eigenvalue weighted by atomic mass is 9.55. The van der Waals surface area contributed by atoms with Crippen LogP contribution in [0.2, 0.25) is 0 Å². The molecule has 3 fully saturated rings. The van der Waals surface area contributed by atoms with Gasteiger partial charge in [0.15, 0.2) is 0 Å². The molecule has 0 aromatic carbocycles. The minimum absolute atomic E-state index is 0.0569. The molecule has 1 aliphatic heterocycles. The summed E-state index contributed by atoms with van der Waals surface area (Å²) in [6.07, 6.45) is 0.783. The molecule has 2 saturated carbocycles. The van der Waals surface area contributed by atoms with Crippen molar-refractivity contribution in [1.29, 1.82) is 0 Å². The van der Waals surface area contributed by atoms with Crippen LogP contribution in [0, 0.1) is 17.3 Å². The van der Waals surface area contributed by atoms with Crippen molar-refractivity contribution < 1.29 is 17.9 Å². The number of nitrogens with one attached hydrogen (secondary N) is 1. The predicted octanol–water partition coefficient (Wildman–Crippen LogP) is 3.90. The molecule has 21 heavy (non-hydrogen) atoms. The number of ether oxygens (including phenoxy) is 1. The molecule has 122 valence electrons. The fraction of sp³-hybridized carbons (Fsp3) is 1.00. The average Bonchev–Trinajstić information content (AvgIpc) is 2.44. The van der Waals surface area contributed by atoms with Crippen LogP contribution in [0.3, 0.4) is 0 Å². The van der Waals surface area contributed by atoms with Gasteiger partial charge in [0.2, 0.25) is 0 Å². The van der Waals surface area contributed by atoms with Crippen molar-refractivity contribution in [2.24, 2.45) is 17.3 Å². The third-order valence-electron chi connectivity index (χ3n) is 5.91. The van der Waals surface area contributed by atoms with E-state index in [4.69, 9.17) is 4.74 Å². The first-order valence-electron chi connectivity index (χ1n) is 8.26. The van der Waals surface area contributed by atoms with E-state index in [2.05, 4.69) is 19.2 Å². The summed E-state index contributed by atoms with van der Waals surface area (Å²) < 4.78 is 45.5. The van der Waals surface area contributed by atoms with Gasteiger partial charge in [0.25, 0.3) is 0 Å². The zero-order valence-corrected chi connectivity index (χ0v) is 12.9. The van der Waals surface area contributed by atoms with Gasteiger partial charge in [-0.05, 0) is 25.7 Å². The van der Waals surface area contributed by atoms with E-state index in [9.17, 15) is 13.2 Å². The zero-order chi connectivity index (χ0) is 15.3. The van der Waals surface area contributed by atoms with Gasteiger partial charge < -0.3 is 10.1 Å². The maximum absolute atomic E-state index is 13.2. The standard InChI is InChI=1S/C16H26F3NO/c1-15(2)13(10-6-5-9-21-14(10)15)20-12-8-4-3-7-11(12)16(17,18)19/h10-14,20H,3-9H2,1-2H3. The summed E-state index contributed by atoms with van der Waals surface area (Å²) in [5, 5.41) is 3.40.